The number of ether oxygens (including phenoxy) is 1. The summed E-state index contributed by atoms with van der Waals surface area (Å²) in [5.41, 5.74) is 0. The Morgan fingerprint density at radius 1 is 1.36 bits per heavy atom. The summed E-state index contributed by atoms with van der Waals surface area (Å²) in [5, 5.41) is 3.67. The van der Waals surface area contributed by atoms with Crippen LogP contribution in [0.3, 0.4) is 0 Å². The molecule has 0 radical (unpaired) electrons. The van der Waals surface area contributed by atoms with Crippen LogP contribution in [0.1, 0.15) is 39.5 Å². The molecular formula is C12H23NO. The molecule has 14 heavy (non-hydrogen) atoms. The summed E-state index contributed by atoms with van der Waals surface area (Å²) in [5.74, 6) is 1.71. The van der Waals surface area contributed by atoms with Crippen molar-refractivity contribution in [3.63, 3.8) is 0 Å². The third-order valence-corrected chi connectivity index (χ3v) is 3.83. The van der Waals surface area contributed by atoms with Crippen molar-refractivity contribution in [2.24, 2.45) is 11.8 Å². The molecule has 0 bridgehead atoms. The van der Waals surface area contributed by atoms with E-state index in [-0.39, 0.29) is 0 Å². The van der Waals surface area contributed by atoms with Gasteiger partial charge in [0.25, 0.3) is 0 Å². The lowest BCUT2D eigenvalue weighted by Gasteiger charge is -2.37. The van der Waals surface area contributed by atoms with Crippen LogP contribution in [-0.4, -0.2) is 25.3 Å². The van der Waals surface area contributed by atoms with Gasteiger partial charge in [-0.05, 0) is 38.6 Å². The van der Waals surface area contributed by atoms with Crippen molar-refractivity contribution in [1.82, 2.24) is 5.32 Å². The molecular weight excluding hydrogens is 174 g/mol. The summed E-state index contributed by atoms with van der Waals surface area (Å²) in [6.45, 7) is 6.50. The zero-order chi connectivity index (χ0) is 9.97. The molecule has 1 aliphatic carbocycles. The Balaban J connectivity index is 1.88. The molecule has 2 nitrogen and oxygen atoms in total. The van der Waals surface area contributed by atoms with Crippen LogP contribution in [0, 0.1) is 11.8 Å². The van der Waals surface area contributed by atoms with Gasteiger partial charge in [0.2, 0.25) is 0 Å². The van der Waals surface area contributed by atoms with Crippen molar-refractivity contribution < 1.29 is 4.74 Å². The van der Waals surface area contributed by atoms with Gasteiger partial charge >= 0.3 is 0 Å². The second kappa shape index (κ2) is 4.63. The van der Waals surface area contributed by atoms with Gasteiger partial charge in [0.15, 0.2) is 0 Å². The van der Waals surface area contributed by atoms with Crippen molar-refractivity contribution in [2.75, 3.05) is 13.2 Å². The standard InChI is InChI=1S/C12H23NO/c1-3-13-12(10-5-4-6-10)11-7-9(2)14-8-11/h9-13H,3-8H2,1-2H3. The van der Waals surface area contributed by atoms with E-state index in [1.165, 1.54) is 25.7 Å². The monoisotopic (exact) mass is 197 g/mol. The van der Waals surface area contributed by atoms with E-state index in [4.69, 9.17) is 4.74 Å². The summed E-state index contributed by atoms with van der Waals surface area (Å²) in [7, 11) is 0. The van der Waals surface area contributed by atoms with Gasteiger partial charge in [0, 0.05) is 12.0 Å². The summed E-state index contributed by atoms with van der Waals surface area (Å²) in [4.78, 5) is 0. The van der Waals surface area contributed by atoms with Crippen LogP contribution in [0.25, 0.3) is 0 Å². The topological polar surface area (TPSA) is 21.3 Å². The maximum absolute atomic E-state index is 5.67. The molecule has 0 spiro atoms. The Kier molecular flexibility index (Phi) is 3.45. The second-order valence-electron chi connectivity index (χ2n) is 4.91. The average molecular weight is 197 g/mol. The van der Waals surface area contributed by atoms with E-state index in [1.54, 1.807) is 0 Å². The van der Waals surface area contributed by atoms with Gasteiger partial charge in [-0.3, -0.25) is 0 Å². The predicted molar refractivity (Wildman–Crippen MR) is 58.3 cm³/mol. The zero-order valence-corrected chi connectivity index (χ0v) is 9.46. The first kappa shape index (κ1) is 10.4. The lowest BCUT2D eigenvalue weighted by atomic mass is 9.74. The Bertz CT molecular complexity index is 179. The molecule has 0 aromatic carbocycles. The fourth-order valence-electron chi connectivity index (χ4n) is 2.85. The highest BCUT2D eigenvalue weighted by Crippen LogP contribution is 2.36. The second-order valence-corrected chi connectivity index (χ2v) is 4.91. The normalized spacial score (nSPS) is 35.6. The molecule has 2 rings (SSSR count). The molecule has 1 heterocycles. The van der Waals surface area contributed by atoms with Gasteiger partial charge in [-0.25, -0.2) is 0 Å². The van der Waals surface area contributed by atoms with Crippen molar-refractivity contribution in [2.45, 2.75) is 51.7 Å². The molecule has 0 aromatic rings. The molecule has 3 atom stereocenters. The molecule has 1 saturated carbocycles. The van der Waals surface area contributed by atoms with E-state index in [0.29, 0.717) is 6.10 Å². The Morgan fingerprint density at radius 3 is 2.57 bits per heavy atom. The molecule has 82 valence electrons. The minimum Gasteiger partial charge on any atom is -0.378 e. The van der Waals surface area contributed by atoms with Crippen molar-refractivity contribution in [3.05, 3.63) is 0 Å². The number of nitrogens with one attached hydrogen (secondary N) is 1. The van der Waals surface area contributed by atoms with E-state index >= 15 is 0 Å². The van der Waals surface area contributed by atoms with Gasteiger partial charge in [-0.2, -0.15) is 0 Å². The van der Waals surface area contributed by atoms with E-state index in [0.717, 1.165) is 31.0 Å². The fourth-order valence-corrected chi connectivity index (χ4v) is 2.85. The first-order valence-electron chi connectivity index (χ1n) is 6.16. The average Bonchev–Trinajstić information content (AvgIpc) is 2.48. The van der Waals surface area contributed by atoms with Crippen molar-refractivity contribution in [3.8, 4) is 0 Å². The Labute approximate surface area is 87.4 Å². The molecule has 1 saturated heterocycles. The quantitative estimate of drug-likeness (QED) is 0.746. The molecule has 1 aliphatic heterocycles. The predicted octanol–water partition coefficient (Wildman–Crippen LogP) is 2.19. The highest BCUT2D eigenvalue weighted by Gasteiger charge is 2.36. The summed E-state index contributed by atoms with van der Waals surface area (Å²) >= 11 is 0. The maximum Gasteiger partial charge on any atom is 0.0551 e. The first-order chi connectivity index (χ1) is 6.81. The van der Waals surface area contributed by atoms with Gasteiger partial charge in [-0.1, -0.05) is 13.3 Å². The van der Waals surface area contributed by atoms with E-state index < -0.39 is 0 Å². The lowest BCUT2D eigenvalue weighted by Crippen LogP contribution is -2.45. The minimum absolute atomic E-state index is 0.487. The SMILES string of the molecule is CCNC(C1CCC1)C1COC(C)C1. The molecule has 0 amide bonds. The maximum atomic E-state index is 5.67. The van der Waals surface area contributed by atoms with E-state index in [9.17, 15) is 0 Å². The summed E-state index contributed by atoms with van der Waals surface area (Å²) in [6, 6.07) is 0.735. The summed E-state index contributed by atoms with van der Waals surface area (Å²) in [6.07, 6.45) is 6.05. The highest BCUT2D eigenvalue weighted by molar-refractivity contribution is 4.90. The van der Waals surface area contributed by atoms with Crippen LogP contribution in [0.15, 0.2) is 0 Å². The lowest BCUT2D eigenvalue weighted by molar-refractivity contribution is 0.107. The van der Waals surface area contributed by atoms with Crippen LogP contribution < -0.4 is 5.32 Å². The van der Waals surface area contributed by atoms with E-state index in [2.05, 4.69) is 19.2 Å². The Morgan fingerprint density at radius 2 is 2.14 bits per heavy atom. The fraction of sp³-hybridized carbons (Fsp3) is 1.00. The van der Waals surface area contributed by atoms with Crippen LogP contribution in [-0.2, 0) is 4.74 Å². The largest absolute Gasteiger partial charge is 0.378 e. The zero-order valence-electron chi connectivity index (χ0n) is 9.46. The smallest absolute Gasteiger partial charge is 0.0551 e. The van der Waals surface area contributed by atoms with Crippen LogP contribution in [0.4, 0.5) is 0 Å². The number of hydrogen-bond acceptors (Lipinski definition) is 2. The van der Waals surface area contributed by atoms with Crippen LogP contribution in [0.2, 0.25) is 0 Å². The van der Waals surface area contributed by atoms with Gasteiger partial charge in [0.1, 0.15) is 0 Å². The van der Waals surface area contributed by atoms with Gasteiger partial charge in [0.05, 0.1) is 12.7 Å². The van der Waals surface area contributed by atoms with Crippen molar-refractivity contribution >= 4 is 0 Å². The Hall–Kier alpha value is -0.0800. The first-order valence-corrected chi connectivity index (χ1v) is 6.16. The molecule has 2 heteroatoms. The molecule has 1 N–H and O–H groups in total. The van der Waals surface area contributed by atoms with Crippen LogP contribution in [0.5, 0.6) is 0 Å². The summed E-state index contributed by atoms with van der Waals surface area (Å²) < 4.78 is 5.67. The molecule has 2 aliphatic rings. The minimum atomic E-state index is 0.487. The van der Waals surface area contributed by atoms with Gasteiger partial charge < -0.3 is 10.1 Å². The molecule has 3 unspecified atom stereocenters. The number of hydrogen-bond donors (Lipinski definition) is 1. The molecule has 2 fully saturated rings. The third-order valence-electron chi connectivity index (χ3n) is 3.83. The van der Waals surface area contributed by atoms with Crippen LogP contribution >= 0.6 is 0 Å². The highest BCUT2D eigenvalue weighted by atomic mass is 16.5. The number of rotatable bonds is 4. The van der Waals surface area contributed by atoms with Crippen molar-refractivity contribution in [1.29, 1.82) is 0 Å². The van der Waals surface area contributed by atoms with E-state index in [1.807, 2.05) is 0 Å². The third kappa shape index (κ3) is 2.12. The molecule has 0 aromatic heterocycles. The van der Waals surface area contributed by atoms with Gasteiger partial charge in [-0.15, -0.1) is 0 Å².